The van der Waals surface area contributed by atoms with Gasteiger partial charge in [-0.3, -0.25) is 9.69 Å². The average molecular weight is 482 g/mol. The monoisotopic (exact) mass is 481 g/mol. The summed E-state index contributed by atoms with van der Waals surface area (Å²) in [6.07, 6.45) is 2.91. The van der Waals surface area contributed by atoms with Gasteiger partial charge in [0, 0.05) is 19.6 Å². The molecule has 0 radical (unpaired) electrons. The lowest BCUT2D eigenvalue weighted by Gasteiger charge is -2.39. The molecule has 4 atom stereocenters. The minimum Gasteiger partial charge on any atom is -0.379 e. The van der Waals surface area contributed by atoms with E-state index in [0.717, 1.165) is 13.0 Å². The topological polar surface area (TPSA) is 113 Å². The number of anilines is 1. The van der Waals surface area contributed by atoms with E-state index in [9.17, 15) is 14.3 Å². The first-order chi connectivity index (χ1) is 16.1. The molecular formula is C25H25ClFN5O2. The number of rotatable bonds is 6. The van der Waals surface area contributed by atoms with Gasteiger partial charge in [0.1, 0.15) is 11.9 Å². The van der Waals surface area contributed by atoms with Crippen LogP contribution >= 0.6 is 11.6 Å². The molecule has 1 aliphatic carbocycles. The quantitative estimate of drug-likeness (QED) is 0.652. The van der Waals surface area contributed by atoms with Crippen LogP contribution in [0.15, 0.2) is 30.5 Å². The molecule has 1 amide bonds. The van der Waals surface area contributed by atoms with Crippen LogP contribution in [0.4, 0.5) is 10.1 Å². The third-order valence-corrected chi connectivity index (χ3v) is 7.49. The first-order valence-corrected chi connectivity index (χ1v) is 11.5. The van der Waals surface area contributed by atoms with E-state index in [1.807, 2.05) is 12.1 Å². The lowest BCUT2D eigenvalue weighted by Crippen LogP contribution is -2.53. The molecule has 4 rings (SSSR count). The van der Waals surface area contributed by atoms with Gasteiger partial charge in [-0.05, 0) is 60.8 Å². The van der Waals surface area contributed by atoms with Crippen LogP contribution in [-0.4, -0.2) is 46.1 Å². The summed E-state index contributed by atoms with van der Waals surface area (Å²) in [5, 5.41) is 31.5. The predicted molar refractivity (Wildman–Crippen MR) is 124 cm³/mol. The van der Waals surface area contributed by atoms with E-state index in [4.69, 9.17) is 22.1 Å². The van der Waals surface area contributed by atoms with Crippen molar-refractivity contribution in [1.29, 1.82) is 10.5 Å². The van der Waals surface area contributed by atoms with Gasteiger partial charge in [-0.25, -0.2) is 9.37 Å². The second-order valence-corrected chi connectivity index (χ2v) is 10.1. The molecule has 2 fully saturated rings. The third kappa shape index (κ3) is 4.63. The van der Waals surface area contributed by atoms with Gasteiger partial charge < -0.3 is 10.4 Å². The number of hydrogen-bond acceptors (Lipinski definition) is 6. The summed E-state index contributed by atoms with van der Waals surface area (Å²) in [6, 6.07) is 9.88. The standard InChI is InChI=1S/C25H25ClFN5O2/c1-15-12-32(13-18-8-25(15,18)7-17-4-3-16(9-28)5-21(17)27)14-24(2,34)23(33)31-19-6-20(26)22(10-29)30-11-19/h3-6,11,15,18,34H,7-8,12-14H2,1-2H3,(H,31,33). The van der Waals surface area contributed by atoms with E-state index in [2.05, 4.69) is 22.1 Å². The molecule has 7 nitrogen and oxygen atoms in total. The Morgan fingerprint density at radius 3 is 2.76 bits per heavy atom. The maximum absolute atomic E-state index is 14.5. The Labute approximate surface area is 202 Å². The van der Waals surface area contributed by atoms with Crippen LogP contribution in [0, 0.1) is 45.7 Å². The Morgan fingerprint density at radius 2 is 2.15 bits per heavy atom. The smallest absolute Gasteiger partial charge is 0.257 e. The van der Waals surface area contributed by atoms with E-state index in [1.54, 1.807) is 12.1 Å². The molecular weight excluding hydrogens is 457 g/mol. The van der Waals surface area contributed by atoms with E-state index in [-0.39, 0.29) is 34.4 Å². The fraction of sp³-hybridized carbons (Fsp3) is 0.440. The molecule has 1 saturated carbocycles. The number of benzene rings is 1. The number of likely N-dealkylation sites (tertiary alicyclic amines) is 1. The minimum atomic E-state index is -1.66. The highest BCUT2D eigenvalue weighted by molar-refractivity contribution is 6.31. The summed E-state index contributed by atoms with van der Waals surface area (Å²) in [6.45, 7) is 5.15. The van der Waals surface area contributed by atoms with E-state index >= 15 is 0 Å². The number of hydrogen-bond donors (Lipinski definition) is 2. The molecule has 0 bridgehead atoms. The van der Waals surface area contributed by atoms with Crippen molar-refractivity contribution >= 4 is 23.2 Å². The Morgan fingerprint density at radius 1 is 1.38 bits per heavy atom. The van der Waals surface area contributed by atoms with Crippen molar-refractivity contribution in [3.8, 4) is 12.1 Å². The molecule has 1 aliphatic heterocycles. The van der Waals surface area contributed by atoms with Crippen molar-refractivity contribution in [1.82, 2.24) is 9.88 Å². The number of nitriles is 2. The van der Waals surface area contributed by atoms with Gasteiger partial charge in [0.25, 0.3) is 5.91 Å². The largest absolute Gasteiger partial charge is 0.379 e. The number of carbonyl (C=O) groups excluding carboxylic acids is 1. The van der Waals surface area contributed by atoms with Gasteiger partial charge >= 0.3 is 0 Å². The van der Waals surface area contributed by atoms with E-state index in [0.29, 0.717) is 35.7 Å². The molecule has 2 aromatic rings. The number of halogens is 2. The van der Waals surface area contributed by atoms with Crippen LogP contribution < -0.4 is 5.32 Å². The highest BCUT2D eigenvalue weighted by Gasteiger charge is 2.60. The van der Waals surface area contributed by atoms with Crippen molar-refractivity contribution in [3.05, 3.63) is 58.1 Å². The lowest BCUT2D eigenvalue weighted by atomic mass is 9.79. The van der Waals surface area contributed by atoms with Crippen LogP contribution in [0.3, 0.4) is 0 Å². The number of fused-ring (bicyclic) bond motifs is 1. The van der Waals surface area contributed by atoms with Gasteiger partial charge in [0.05, 0.1) is 28.5 Å². The molecule has 0 spiro atoms. The van der Waals surface area contributed by atoms with Crippen LogP contribution in [0.1, 0.15) is 37.1 Å². The summed E-state index contributed by atoms with van der Waals surface area (Å²) >= 11 is 5.97. The average Bonchev–Trinajstić information content (AvgIpc) is 3.49. The molecule has 2 heterocycles. The van der Waals surface area contributed by atoms with E-state index in [1.165, 1.54) is 25.3 Å². The third-order valence-electron chi connectivity index (χ3n) is 7.20. The Balaban J connectivity index is 1.38. The molecule has 9 heteroatoms. The summed E-state index contributed by atoms with van der Waals surface area (Å²) in [5.74, 6) is -0.325. The maximum atomic E-state index is 14.5. The van der Waals surface area contributed by atoms with Gasteiger partial charge in [-0.1, -0.05) is 24.6 Å². The Hall–Kier alpha value is -3.04. The number of aromatic nitrogens is 1. The zero-order valence-electron chi connectivity index (χ0n) is 19.0. The second-order valence-electron chi connectivity index (χ2n) is 9.72. The number of carbonyl (C=O) groups is 1. The number of amides is 1. The van der Waals surface area contributed by atoms with E-state index < -0.39 is 11.5 Å². The molecule has 2 aliphatic rings. The number of β-amino-alcohol motifs (C(OH)–C–C–N with tert-alkyl or cyclic N) is 1. The Bertz CT molecular complexity index is 1220. The van der Waals surface area contributed by atoms with Crippen LogP contribution in [0.5, 0.6) is 0 Å². The molecule has 1 saturated heterocycles. The molecule has 1 aromatic carbocycles. The van der Waals surface area contributed by atoms with Gasteiger partial charge in [-0.2, -0.15) is 10.5 Å². The number of aliphatic hydroxyl groups is 1. The molecule has 176 valence electrons. The number of pyridine rings is 1. The first kappa shape index (κ1) is 24.1. The summed E-state index contributed by atoms with van der Waals surface area (Å²) in [4.78, 5) is 18.7. The number of piperidine rings is 1. The van der Waals surface area contributed by atoms with Gasteiger partial charge in [0.2, 0.25) is 0 Å². The minimum absolute atomic E-state index is 0.00449. The number of nitrogens with one attached hydrogen (secondary N) is 1. The zero-order chi connectivity index (χ0) is 24.7. The van der Waals surface area contributed by atoms with Crippen molar-refractivity contribution in [2.75, 3.05) is 25.0 Å². The molecule has 2 N–H and O–H groups in total. The highest BCUT2D eigenvalue weighted by Crippen LogP contribution is 2.62. The second kappa shape index (κ2) is 8.96. The molecule has 4 unspecified atom stereocenters. The van der Waals surface area contributed by atoms with Crippen molar-refractivity contribution in [2.45, 2.75) is 32.3 Å². The maximum Gasteiger partial charge on any atom is 0.257 e. The summed E-state index contributed by atoms with van der Waals surface area (Å²) < 4.78 is 14.5. The normalized spacial score (nSPS) is 25.4. The fourth-order valence-electron chi connectivity index (χ4n) is 5.20. The Kier molecular flexibility index (Phi) is 6.35. The SMILES string of the molecule is CC1CN(CC(C)(O)C(=O)Nc2cnc(C#N)c(Cl)c2)CC2CC12Cc1ccc(C#N)cc1F. The van der Waals surface area contributed by atoms with Gasteiger partial charge in [-0.15, -0.1) is 0 Å². The fourth-order valence-corrected chi connectivity index (χ4v) is 5.41. The van der Waals surface area contributed by atoms with Gasteiger partial charge in [0.15, 0.2) is 11.3 Å². The summed E-state index contributed by atoms with van der Waals surface area (Å²) in [7, 11) is 0. The highest BCUT2D eigenvalue weighted by atomic mass is 35.5. The predicted octanol–water partition coefficient (Wildman–Crippen LogP) is 3.51. The zero-order valence-corrected chi connectivity index (χ0v) is 19.7. The van der Waals surface area contributed by atoms with Crippen LogP contribution in [-0.2, 0) is 11.2 Å². The van der Waals surface area contributed by atoms with Crippen molar-refractivity contribution < 1.29 is 14.3 Å². The summed E-state index contributed by atoms with van der Waals surface area (Å²) in [5.41, 5.74) is -0.357. The van der Waals surface area contributed by atoms with Crippen LogP contribution in [0.25, 0.3) is 0 Å². The molecule has 1 aromatic heterocycles. The van der Waals surface area contributed by atoms with Crippen molar-refractivity contribution in [3.63, 3.8) is 0 Å². The molecule has 34 heavy (non-hydrogen) atoms. The lowest BCUT2D eigenvalue weighted by molar-refractivity contribution is -0.135. The first-order valence-electron chi connectivity index (χ1n) is 11.1. The van der Waals surface area contributed by atoms with Crippen LogP contribution in [0.2, 0.25) is 5.02 Å². The number of nitrogens with zero attached hydrogens (tertiary/aromatic N) is 4. The van der Waals surface area contributed by atoms with Crippen molar-refractivity contribution in [2.24, 2.45) is 17.3 Å².